The number of carbonyl (C=O) groups excluding carboxylic acids is 6. The molecule has 2 fully saturated rings. The van der Waals surface area contributed by atoms with Crippen LogP contribution in [0.5, 0.6) is 11.5 Å². The lowest BCUT2D eigenvalue weighted by Gasteiger charge is -2.50. The molecule has 6 aliphatic rings. The molecule has 2 amide bonds. The van der Waals surface area contributed by atoms with Gasteiger partial charge in [-0.25, -0.2) is 0 Å². The highest BCUT2D eigenvalue weighted by Crippen LogP contribution is 2.59. The van der Waals surface area contributed by atoms with Gasteiger partial charge in [0.05, 0.1) is 28.9 Å². The Morgan fingerprint density at radius 2 is 1.23 bits per heavy atom. The van der Waals surface area contributed by atoms with E-state index in [9.17, 15) is 69.6 Å². The van der Waals surface area contributed by atoms with Gasteiger partial charge in [-0.3, -0.25) is 28.8 Å². The monoisotopic (exact) mass is 892 g/mol. The molecule has 0 bridgehead atoms. The molecular weight excluding hydrogens is 851 g/mol. The van der Waals surface area contributed by atoms with E-state index in [1.165, 1.54) is 24.3 Å². The van der Waals surface area contributed by atoms with Crippen LogP contribution >= 0.6 is 9.24 Å². The molecule has 15 N–H and O–H groups in total. The minimum atomic E-state index is -3.03. The maximum absolute atomic E-state index is 14.6. The number of phenolic OH excluding ortho intramolecular Hbond substituents is 2. The zero-order valence-electron chi connectivity index (χ0n) is 33.6. The van der Waals surface area contributed by atoms with Crippen molar-refractivity contribution in [3.63, 3.8) is 0 Å². The lowest BCUT2D eigenvalue weighted by molar-refractivity contribution is -0.150. The summed E-state index contributed by atoms with van der Waals surface area (Å²) < 4.78 is 0. The van der Waals surface area contributed by atoms with Crippen LogP contribution < -0.4 is 22.5 Å². The van der Waals surface area contributed by atoms with E-state index in [-0.39, 0.29) is 35.3 Å². The van der Waals surface area contributed by atoms with E-state index in [0.717, 1.165) is 5.56 Å². The Labute approximate surface area is 364 Å². The molecule has 64 heavy (non-hydrogen) atoms. The molecular formula is C45H41N4O14P. The lowest BCUT2D eigenvalue weighted by atomic mass is 9.55. The van der Waals surface area contributed by atoms with E-state index in [1.54, 1.807) is 30.3 Å². The van der Waals surface area contributed by atoms with Crippen molar-refractivity contribution in [3.05, 3.63) is 122 Å². The first kappa shape index (κ1) is 42.6. The first-order valence-electron chi connectivity index (χ1n) is 20.1. The number of hydrogen-bond donors (Lipinski definition) is 12. The minimum Gasteiger partial charge on any atom is -0.508 e. The second kappa shape index (κ2) is 14.2. The minimum absolute atomic E-state index is 0.0798. The fourth-order valence-corrected chi connectivity index (χ4v) is 11.6. The van der Waals surface area contributed by atoms with Crippen molar-refractivity contribution in [2.75, 3.05) is 5.32 Å². The highest BCUT2D eigenvalue weighted by atomic mass is 31.0. The number of fused-ring (bicyclic) bond motifs is 6. The van der Waals surface area contributed by atoms with Gasteiger partial charge in [-0.1, -0.05) is 48.0 Å². The molecule has 0 aliphatic heterocycles. The predicted octanol–water partition coefficient (Wildman–Crippen LogP) is 1.46. The van der Waals surface area contributed by atoms with Crippen LogP contribution in [-0.2, 0) is 28.8 Å². The SMILES string of the molecule is Cc1ccc([C@H]2c3ccc(NC(=O)C4=C(O)[C@@]5(O)C(=O)C6=C(O)c7c(O)cccc7[C@H](P)[C@H]6C[C@H]5[C@H](N)C4=O)c(O)c3C(O)=C3C(=O)[C@]4(O)C(O)=C(C(N)=O)C(=O)[C@@H](N)[C@@H]4C[C@@H]32)cc1. The van der Waals surface area contributed by atoms with E-state index < -0.39 is 150 Å². The highest BCUT2D eigenvalue weighted by molar-refractivity contribution is 7.17. The van der Waals surface area contributed by atoms with Crippen LogP contribution in [0.2, 0.25) is 0 Å². The average Bonchev–Trinajstić information content (AvgIpc) is 3.24. The second-order valence-corrected chi connectivity index (χ2v) is 18.0. The van der Waals surface area contributed by atoms with Gasteiger partial charge < -0.3 is 63.4 Å². The topological polar surface area (TPSA) is 354 Å². The summed E-state index contributed by atoms with van der Waals surface area (Å²) in [6.07, 6.45) is -0.547. The third kappa shape index (κ3) is 5.37. The van der Waals surface area contributed by atoms with Crippen molar-refractivity contribution in [2.45, 2.75) is 54.6 Å². The van der Waals surface area contributed by atoms with Crippen molar-refractivity contribution >= 4 is 61.4 Å². The number of rotatable bonds is 4. The maximum Gasteiger partial charge on any atom is 0.263 e. The van der Waals surface area contributed by atoms with Crippen LogP contribution in [0.1, 0.15) is 57.8 Å². The van der Waals surface area contributed by atoms with Gasteiger partial charge in [0.25, 0.3) is 11.8 Å². The molecule has 0 saturated heterocycles. The molecule has 19 heteroatoms. The van der Waals surface area contributed by atoms with Gasteiger partial charge in [-0.05, 0) is 48.6 Å². The normalized spacial score (nSPS) is 32.0. The summed E-state index contributed by atoms with van der Waals surface area (Å²) in [4.78, 5) is 82.4. The molecule has 0 heterocycles. The van der Waals surface area contributed by atoms with Crippen LogP contribution in [0.4, 0.5) is 5.69 Å². The number of primary amides is 1. The van der Waals surface area contributed by atoms with Crippen molar-refractivity contribution in [1.29, 1.82) is 0 Å². The quantitative estimate of drug-likeness (QED) is 0.100. The summed E-state index contributed by atoms with van der Waals surface area (Å²) in [6, 6.07) is 10.5. The van der Waals surface area contributed by atoms with Crippen LogP contribution in [0.3, 0.4) is 0 Å². The first-order valence-corrected chi connectivity index (χ1v) is 20.8. The van der Waals surface area contributed by atoms with E-state index >= 15 is 0 Å². The Hall–Kier alpha value is -6.69. The summed E-state index contributed by atoms with van der Waals surface area (Å²) in [5, 5.41) is 95.0. The van der Waals surface area contributed by atoms with Gasteiger partial charge in [0.15, 0.2) is 22.8 Å². The number of Topliss-reactive ketones (excluding diaryl/α,β-unsaturated/α-hetero) is 4. The third-order valence-corrected chi connectivity index (χ3v) is 15.0. The van der Waals surface area contributed by atoms with E-state index in [2.05, 4.69) is 14.6 Å². The van der Waals surface area contributed by atoms with Crippen LogP contribution in [-0.4, -0.2) is 99.1 Å². The highest BCUT2D eigenvalue weighted by Gasteiger charge is 2.66. The summed E-state index contributed by atoms with van der Waals surface area (Å²) in [5.74, 6) is -19.3. The standard InChI is InChI=1S/C45H41N4O14P/c1-13-5-7-14(8-6-13)23-15-9-10-21(32(51)25(15)34(53)26-17(23)11-19-30(46)35(54)28(42(48)60)40(58)44(19,62)38(26)56)49-43(61)29-36(55)31(47)20-12-18-27(39(57)45(20,63)41(29)59)33(52)24-16(37(18)64)3-2-4-22(24)50/h2-10,17-20,23,30-31,37,50-53,58-59,62-63H,11-12,46-47,64H2,1H3,(H2,48,60)(H,49,61)/t17-,18+,19+,20+,23+,30+,31+,37+,44+,45+/m1/s1. The van der Waals surface area contributed by atoms with Gasteiger partial charge >= 0.3 is 0 Å². The van der Waals surface area contributed by atoms with E-state index in [0.29, 0.717) is 11.1 Å². The predicted molar refractivity (Wildman–Crippen MR) is 227 cm³/mol. The van der Waals surface area contributed by atoms with Gasteiger partial charge in [-0.2, -0.15) is 0 Å². The molecule has 3 aromatic carbocycles. The van der Waals surface area contributed by atoms with Gasteiger partial charge in [0.1, 0.15) is 45.7 Å². The Morgan fingerprint density at radius 3 is 1.83 bits per heavy atom. The number of phenols is 2. The summed E-state index contributed by atoms with van der Waals surface area (Å²) in [5.41, 5.74) is 9.03. The molecule has 9 rings (SSSR count). The lowest BCUT2D eigenvalue weighted by Crippen LogP contribution is -2.65. The molecule has 2 saturated carbocycles. The molecule has 1 unspecified atom stereocenters. The zero-order chi connectivity index (χ0) is 46.4. The number of anilines is 1. The number of nitrogens with one attached hydrogen (secondary N) is 1. The number of aliphatic hydroxyl groups is 6. The number of nitrogens with two attached hydrogens (primary N) is 3. The van der Waals surface area contributed by atoms with Gasteiger partial charge in [0, 0.05) is 46.4 Å². The number of hydrogen-bond acceptors (Lipinski definition) is 16. The number of carbonyl (C=O) groups is 6. The number of benzene rings is 3. The Bertz CT molecular complexity index is 2880. The van der Waals surface area contributed by atoms with Crippen LogP contribution in [0.25, 0.3) is 11.5 Å². The molecule has 330 valence electrons. The Morgan fingerprint density at radius 1 is 0.703 bits per heavy atom. The van der Waals surface area contributed by atoms with Crippen molar-refractivity contribution in [1.82, 2.24) is 0 Å². The van der Waals surface area contributed by atoms with Crippen LogP contribution in [0, 0.1) is 30.6 Å². The fourth-order valence-electron chi connectivity index (χ4n) is 10.9. The Balaban J connectivity index is 1.15. The van der Waals surface area contributed by atoms with Gasteiger partial charge in [-0.15, -0.1) is 9.24 Å². The number of aryl methyl sites for hydroxylation is 1. The van der Waals surface area contributed by atoms with Gasteiger partial charge in [0.2, 0.25) is 11.6 Å². The molecule has 6 aliphatic carbocycles. The number of ketones is 4. The van der Waals surface area contributed by atoms with E-state index in [1.807, 2.05) is 6.92 Å². The molecule has 0 aromatic heterocycles. The summed E-state index contributed by atoms with van der Waals surface area (Å²) in [7, 11) is 2.51. The molecule has 3 aromatic rings. The smallest absolute Gasteiger partial charge is 0.263 e. The number of aromatic hydroxyl groups is 2. The third-order valence-electron chi connectivity index (χ3n) is 14.1. The second-order valence-electron chi connectivity index (χ2n) is 17.2. The molecule has 0 radical (unpaired) electrons. The summed E-state index contributed by atoms with van der Waals surface area (Å²) in [6.45, 7) is 1.82. The fraction of sp³-hybridized carbons (Fsp3) is 0.289. The van der Waals surface area contributed by atoms with Crippen LogP contribution in [0.15, 0.2) is 88.4 Å². The molecule has 18 nitrogen and oxygen atoms in total. The van der Waals surface area contributed by atoms with Crippen molar-refractivity contribution < 1.29 is 69.6 Å². The number of amides is 2. The molecule has 11 atom stereocenters. The number of aliphatic hydroxyl groups excluding tert-OH is 4. The van der Waals surface area contributed by atoms with Crippen molar-refractivity contribution in [2.24, 2.45) is 40.9 Å². The van der Waals surface area contributed by atoms with E-state index in [4.69, 9.17) is 17.2 Å². The Kier molecular flexibility index (Phi) is 9.42. The largest absolute Gasteiger partial charge is 0.508 e. The maximum atomic E-state index is 14.6. The van der Waals surface area contributed by atoms with Crippen molar-refractivity contribution in [3.8, 4) is 11.5 Å². The average molecular weight is 893 g/mol. The zero-order valence-corrected chi connectivity index (χ0v) is 34.7. The molecule has 0 spiro atoms. The summed E-state index contributed by atoms with van der Waals surface area (Å²) >= 11 is 0. The first-order chi connectivity index (χ1) is 30.1.